The standard InChI is InChI=1S/C51H64N2O20S5/c1-5-52-41-20-18-37-39(31-35(75(59,60)61)33-43(37)77(65,66)67)48(41)51(3,23-25-72-28-29-73-27-26-71-4)45(52)15-10-7-6-8-11-16-46-50(2,22-14-30-74(56,57)58)49-40-32-36(76(62,63)64)34-44(78(68,69)70)38(40)19-21-42(49)53(46)24-13-9-12-17-47(54)55/h6-8,10-11,15-16,18-21,31-34,45H,5,9,12-14,17,22-30H2,1-4H3,(H,54,55)(H,56,57,58)(H,59,60,61)(H,62,63,64)(H,65,66,67)(H,68,69,70). The summed E-state index contributed by atoms with van der Waals surface area (Å²) in [7, 11) is -23.1. The molecule has 0 fully saturated rings. The van der Waals surface area contributed by atoms with Crippen LogP contribution in [0, 0.1) is 0 Å². The Kier molecular flexibility index (Phi) is 19.7. The second-order valence-electron chi connectivity index (χ2n) is 19.3. The molecule has 3 atom stereocenters. The number of likely N-dealkylation sites (N-methyl/N-ethyl adjacent to an activating group) is 1. The number of methoxy groups -OCH3 is 1. The van der Waals surface area contributed by atoms with Crippen LogP contribution < -0.4 is 9.80 Å². The first-order valence-corrected chi connectivity index (χ1v) is 32.0. The SMILES string of the molecule is CCN1c2ccc3c(S(=O)(=O)O)cc(S(=O)(=O)O)cc3c2C(C)(CCOCCOCCOC)C1C=CC=CC=CC=C1N(CCCCCC(=O)O)c2ccc3c(S(=O)(=O)O)cc(S(=O)(=O)O)cc3c2C1(C)CCCS(=O)(=O)O. The lowest BCUT2D eigenvalue weighted by Gasteiger charge is -2.35. The lowest BCUT2D eigenvalue weighted by atomic mass is 9.74. The van der Waals surface area contributed by atoms with Crippen molar-refractivity contribution in [2.24, 2.45) is 0 Å². The number of aliphatic carboxylic acids is 1. The molecule has 0 spiro atoms. The molecule has 0 bridgehead atoms. The molecule has 0 aliphatic carbocycles. The molecule has 6 rings (SSSR count). The van der Waals surface area contributed by atoms with Crippen LogP contribution in [0.15, 0.2) is 116 Å². The van der Waals surface area contributed by atoms with Crippen LogP contribution in [0.2, 0.25) is 0 Å². The molecule has 2 aliphatic heterocycles. The summed E-state index contributed by atoms with van der Waals surface area (Å²) in [5.74, 6) is -1.65. The summed E-state index contributed by atoms with van der Waals surface area (Å²) in [5, 5.41) is 9.36. The first-order chi connectivity index (χ1) is 36.4. The number of allylic oxidation sites excluding steroid dienone is 7. The van der Waals surface area contributed by atoms with Crippen LogP contribution in [0.25, 0.3) is 21.5 Å². The van der Waals surface area contributed by atoms with E-state index in [1.807, 2.05) is 29.7 Å². The van der Waals surface area contributed by atoms with Crippen molar-refractivity contribution < 1.29 is 89.0 Å². The minimum Gasteiger partial charge on any atom is -0.481 e. The number of carbonyl (C=O) groups is 1. The van der Waals surface area contributed by atoms with Crippen molar-refractivity contribution in [2.75, 3.05) is 68.8 Å². The fraction of sp³-hybridized carbons (Fsp3) is 0.431. The molecule has 4 aromatic rings. The highest BCUT2D eigenvalue weighted by molar-refractivity contribution is 7.87. The molecule has 6 N–H and O–H groups in total. The van der Waals surface area contributed by atoms with Crippen molar-refractivity contribution in [1.29, 1.82) is 0 Å². The maximum atomic E-state index is 12.8. The Hall–Kier alpha value is -5.14. The van der Waals surface area contributed by atoms with Crippen molar-refractivity contribution in [3.8, 4) is 0 Å². The summed E-state index contributed by atoms with van der Waals surface area (Å²) < 4.78 is 192. The zero-order valence-corrected chi connectivity index (χ0v) is 47.3. The highest BCUT2D eigenvalue weighted by atomic mass is 32.2. The van der Waals surface area contributed by atoms with Gasteiger partial charge in [0.05, 0.1) is 48.0 Å². The fourth-order valence-electron chi connectivity index (χ4n) is 10.6. The maximum absolute atomic E-state index is 12.8. The first-order valence-electron chi connectivity index (χ1n) is 24.6. The van der Waals surface area contributed by atoms with Crippen molar-refractivity contribution >= 4 is 89.5 Å². The van der Waals surface area contributed by atoms with Gasteiger partial charge in [-0.05, 0) is 110 Å². The van der Waals surface area contributed by atoms with Gasteiger partial charge in [0, 0.05) is 71.9 Å². The third-order valence-corrected chi connectivity index (χ3v) is 18.3. The van der Waals surface area contributed by atoms with E-state index in [9.17, 15) is 74.8 Å². The molecule has 0 aromatic heterocycles. The van der Waals surface area contributed by atoms with E-state index in [0.29, 0.717) is 85.8 Å². The first kappa shape index (κ1) is 62.1. The Morgan fingerprint density at radius 1 is 0.615 bits per heavy atom. The largest absolute Gasteiger partial charge is 0.481 e. The van der Waals surface area contributed by atoms with Gasteiger partial charge in [0.15, 0.2) is 0 Å². The highest BCUT2D eigenvalue weighted by Crippen LogP contribution is 2.55. The molecule has 428 valence electrons. The van der Waals surface area contributed by atoms with Gasteiger partial charge in [0.25, 0.3) is 50.6 Å². The van der Waals surface area contributed by atoms with Gasteiger partial charge in [-0.15, -0.1) is 0 Å². The smallest absolute Gasteiger partial charge is 0.303 e. The van der Waals surface area contributed by atoms with Gasteiger partial charge in [-0.3, -0.25) is 27.6 Å². The van der Waals surface area contributed by atoms with Crippen LogP contribution in [0.4, 0.5) is 11.4 Å². The predicted molar refractivity (Wildman–Crippen MR) is 291 cm³/mol. The molecule has 78 heavy (non-hydrogen) atoms. The van der Waals surface area contributed by atoms with Gasteiger partial charge in [-0.25, -0.2) is 0 Å². The van der Waals surface area contributed by atoms with E-state index >= 15 is 0 Å². The quantitative estimate of drug-likeness (QED) is 0.0187. The van der Waals surface area contributed by atoms with Gasteiger partial charge >= 0.3 is 5.97 Å². The van der Waals surface area contributed by atoms with Crippen molar-refractivity contribution in [3.63, 3.8) is 0 Å². The Balaban J connectivity index is 1.43. The molecule has 0 radical (unpaired) electrons. The Morgan fingerprint density at radius 3 is 1.69 bits per heavy atom. The summed E-state index contributed by atoms with van der Waals surface area (Å²) in [6, 6.07) is 9.18. The number of unbranched alkanes of at least 4 members (excludes halogenated alkanes) is 2. The Morgan fingerprint density at radius 2 is 1.15 bits per heavy atom. The summed E-state index contributed by atoms with van der Waals surface area (Å²) >= 11 is 0. The van der Waals surface area contributed by atoms with Crippen molar-refractivity contribution in [2.45, 2.75) is 102 Å². The fourth-order valence-corrected chi connectivity index (χ4v) is 13.8. The van der Waals surface area contributed by atoms with Gasteiger partial charge in [0.1, 0.15) is 9.79 Å². The van der Waals surface area contributed by atoms with Crippen LogP contribution >= 0.6 is 0 Å². The second kappa shape index (κ2) is 24.7. The number of hydrogen-bond acceptors (Lipinski definition) is 16. The Labute approximate surface area is 454 Å². The van der Waals surface area contributed by atoms with Crippen LogP contribution in [0.3, 0.4) is 0 Å². The van der Waals surface area contributed by atoms with E-state index in [-0.39, 0.29) is 67.2 Å². The average molecular weight is 1190 g/mol. The normalized spacial score (nSPS) is 19.9. The molecule has 0 saturated heterocycles. The van der Waals surface area contributed by atoms with Gasteiger partial charge in [-0.1, -0.05) is 61.9 Å². The summed E-state index contributed by atoms with van der Waals surface area (Å²) in [4.78, 5) is 12.1. The molecule has 2 heterocycles. The van der Waals surface area contributed by atoms with Gasteiger partial charge in [0.2, 0.25) is 0 Å². The van der Waals surface area contributed by atoms with E-state index < -0.39 is 98.8 Å². The molecule has 27 heteroatoms. The monoisotopic (exact) mass is 1180 g/mol. The topological polar surface area (TPSA) is 343 Å². The number of nitrogens with zero attached hydrogens (tertiary/aromatic N) is 2. The molecule has 0 amide bonds. The van der Waals surface area contributed by atoms with Crippen LogP contribution in [-0.4, -0.2) is 141 Å². The summed E-state index contributed by atoms with van der Waals surface area (Å²) in [6.07, 6.45) is 13.5. The molecular weight excluding hydrogens is 1120 g/mol. The number of fused-ring (bicyclic) bond motifs is 6. The number of anilines is 2. The van der Waals surface area contributed by atoms with Crippen LogP contribution in [0.1, 0.15) is 76.8 Å². The lowest BCUT2D eigenvalue weighted by molar-refractivity contribution is -0.137. The molecule has 3 unspecified atom stereocenters. The molecule has 2 aliphatic rings. The number of carboxylic acid groups (broad SMARTS) is 1. The predicted octanol–water partition coefficient (Wildman–Crippen LogP) is 7.16. The number of carboxylic acids is 1. The summed E-state index contributed by atoms with van der Waals surface area (Å²) in [5.41, 5.74) is 0.254. The van der Waals surface area contributed by atoms with E-state index in [4.69, 9.17) is 14.2 Å². The van der Waals surface area contributed by atoms with Gasteiger partial charge in [-0.2, -0.15) is 42.1 Å². The van der Waals surface area contributed by atoms with Crippen molar-refractivity contribution in [3.05, 3.63) is 108 Å². The Bertz CT molecular complexity index is 3640. The minimum absolute atomic E-state index is 0.00402. The van der Waals surface area contributed by atoms with Crippen molar-refractivity contribution in [1.82, 2.24) is 0 Å². The maximum Gasteiger partial charge on any atom is 0.303 e. The number of ether oxygens (including phenoxy) is 3. The van der Waals surface area contributed by atoms with Crippen LogP contribution in [0.5, 0.6) is 0 Å². The number of benzene rings is 4. The second-order valence-corrected chi connectivity index (χ2v) is 26.4. The lowest BCUT2D eigenvalue weighted by Crippen LogP contribution is -2.42. The summed E-state index contributed by atoms with van der Waals surface area (Å²) in [6.45, 7) is 7.63. The van der Waals surface area contributed by atoms with Crippen LogP contribution in [-0.2, 0) is 80.4 Å². The number of rotatable bonds is 28. The molecule has 22 nitrogen and oxygen atoms in total. The molecule has 0 saturated carbocycles. The zero-order chi connectivity index (χ0) is 57.6. The third-order valence-electron chi connectivity index (χ3n) is 14.1. The number of hydrogen-bond donors (Lipinski definition) is 6. The molecular formula is C51H64N2O20S5. The van der Waals surface area contributed by atoms with E-state index in [0.717, 1.165) is 6.07 Å². The zero-order valence-electron chi connectivity index (χ0n) is 43.2. The van der Waals surface area contributed by atoms with E-state index in [1.165, 1.54) is 18.2 Å². The minimum atomic E-state index is -5.11. The molecule has 4 aromatic carbocycles. The van der Waals surface area contributed by atoms with Gasteiger partial charge < -0.3 is 29.1 Å². The average Bonchev–Trinajstić information content (AvgIpc) is 3.89. The van der Waals surface area contributed by atoms with E-state index in [2.05, 4.69) is 0 Å². The highest BCUT2D eigenvalue weighted by Gasteiger charge is 2.48. The third kappa shape index (κ3) is 14.2. The van der Waals surface area contributed by atoms with E-state index in [1.54, 1.807) is 62.6 Å².